The Morgan fingerprint density at radius 3 is 2.29 bits per heavy atom. The predicted octanol–water partition coefficient (Wildman–Crippen LogP) is 3.99. The maximum absolute atomic E-state index is 12.5. The summed E-state index contributed by atoms with van der Waals surface area (Å²) in [5.74, 6) is -0.184. The van der Waals surface area contributed by atoms with Gasteiger partial charge in [-0.25, -0.2) is 0 Å². The molecule has 0 fully saturated rings. The van der Waals surface area contributed by atoms with Crippen molar-refractivity contribution >= 4 is 11.6 Å². The third-order valence-electron chi connectivity index (χ3n) is 4.53. The van der Waals surface area contributed by atoms with Crippen molar-refractivity contribution in [2.24, 2.45) is 11.8 Å². The topological polar surface area (TPSA) is 43.4 Å². The van der Waals surface area contributed by atoms with Gasteiger partial charge >= 0.3 is 0 Å². The smallest absolute Gasteiger partial charge is 0.166 e. The molecule has 0 amide bonds. The zero-order valence-electron chi connectivity index (χ0n) is 15.4. The number of hydrogen-bond acceptors (Lipinski definition) is 3. The van der Waals surface area contributed by atoms with Gasteiger partial charge in [-0.2, -0.15) is 0 Å². The lowest BCUT2D eigenvalue weighted by Gasteiger charge is -2.29. The van der Waals surface area contributed by atoms with E-state index in [2.05, 4.69) is 32.0 Å². The zero-order chi connectivity index (χ0) is 17.9. The molecular weight excluding hydrogens is 300 g/mol. The summed E-state index contributed by atoms with van der Waals surface area (Å²) in [5.41, 5.74) is 5.35. The summed E-state index contributed by atoms with van der Waals surface area (Å²) in [7, 11) is 0. The molecule has 0 radical (unpaired) electrons. The van der Waals surface area contributed by atoms with Gasteiger partial charge in [0.25, 0.3) is 0 Å². The molecule has 1 aromatic carbocycles. The quantitative estimate of drug-likeness (QED) is 0.742. The molecule has 3 heteroatoms. The molecular formula is C21H28O3. The molecule has 130 valence electrons. The number of rotatable bonds is 6. The standard InChI is InChI=1S/C21H28O3/c1-6-24-12-18-17(10-16-8-14(4)7-15(5)9-16)21(13(2)3)20(23)11-19(18)22/h7-9,13,18H,6,10-12H2,1-5H3. The Balaban J connectivity index is 2.47. The van der Waals surface area contributed by atoms with Crippen LogP contribution < -0.4 is 0 Å². The van der Waals surface area contributed by atoms with Gasteiger partial charge in [0.05, 0.1) is 18.9 Å². The van der Waals surface area contributed by atoms with E-state index >= 15 is 0 Å². The molecule has 1 aliphatic rings. The van der Waals surface area contributed by atoms with Crippen molar-refractivity contribution in [1.82, 2.24) is 0 Å². The van der Waals surface area contributed by atoms with Crippen molar-refractivity contribution in [3.05, 3.63) is 46.0 Å². The average molecular weight is 328 g/mol. The summed E-state index contributed by atoms with van der Waals surface area (Å²) < 4.78 is 5.56. The predicted molar refractivity (Wildman–Crippen MR) is 96.1 cm³/mol. The van der Waals surface area contributed by atoms with Gasteiger partial charge in [0.2, 0.25) is 0 Å². The molecule has 0 aromatic heterocycles. The summed E-state index contributed by atoms with van der Waals surface area (Å²) in [4.78, 5) is 25.0. The van der Waals surface area contributed by atoms with Crippen molar-refractivity contribution in [3.8, 4) is 0 Å². The summed E-state index contributed by atoms with van der Waals surface area (Å²) >= 11 is 0. The molecule has 0 aliphatic heterocycles. The lowest BCUT2D eigenvalue weighted by Crippen LogP contribution is -2.34. The van der Waals surface area contributed by atoms with Gasteiger partial charge in [0.15, 0.2) is 5.78 Å². The largest absolute Gasteiger partial charge is 0.381 e. The van der Waals surface area contributed by atoms with Crippen LogP contribution in [-0.4, -0.2) is 24.8 Å². The Kier molecular flexibility index (Phi) is 6.11. The summed E-state index contributed by atoms with van der Waals surface area (Å²) in [6.45, 7) is 11.1. The first-order chi connectivity index (χ1) is 11.3. The minimum absolute atomic E-state index is 0.00257. The van der Waals surface area contributed by atoms with Crippen LogP contribution >= 0.6 is 0 Å². The van der Waals surface area contributed by atoms with Crippen molar-refractivity contribution in [2.45, 2.75) is 47.5 Å². The molecule has 1 aromatic rings. The minimum Gasteiger partial charge on any atom is -0.381 e. The van der Waals surface area contributed by atoms with Crippen LogP contribution in [0.4, 0.5) is 0 Å². The molecule has 1 unspecified atom stereocenters. The molecule has 0 saturated heterocycles. The van der Waals surface area contributed by atoms with Crippen LogP contribution in [0.3, 0.4) is 0 Å². The number of allylic oxidation sites excluding steroid dienone is 1. The van der Waals surface area contributed by atoms with Gasteiger partial charge in [-0.15, -0.1) is 0 Å². The van der Waals surface area contributed by atoms with Crippen molar-refractivity contribution in [2.75, 3.05) is 13.2 Å². The lowest BCUT2D eigenvalue weighted by molar-refractivity contribution is -0.129. The van der Waals surface area contributed by atoms with E-state index in [9.17, 15) is 9.59 Å². The fourth-order valence-electron chi connectivity index (χ4n) is 3.67. The molecule has 0 N–H and O–H groups in total. The molecule has 24 heavy (non-hydrogen) atoms. The Morgan fingerprint density at radius 1 is 1.12 bits per heavy atom. The monoisotopic (exact) mass is 328 g/mol. The van der Waals surface area contributed by atoms with Crippen LogP contribution in [-0.2, 0) is 20.7 Å². The molecule has 1 atom stereocenters. The number of ketones is 2. The molecule has 0 bridgehead atoms. The number of hydrogen-bond donors (Lipinski definition) is 0. The van der Waals surface area contributed by atoms with Gasteiger partial charge in [0.1, 0.15) is 5.78 Å². The van der Waals surface area contributed by atoms with Crippen LogP contribution in [0.25, 0.3) is 0 Å². The number of ether oxygens (including phenoxy) is 1. The second-order valence-electron chi connectivity index (χ2n) is 7.04. The van der Waals surface area contributed by atoms with E-state index in [1.54, 1.807) is 0 Å². The second-order valence-corrected chi connectivity index (χ2v) is 7.04. The highest BCUT2D eigenvalue weighted by Crippen LogP contribution is 2.33. The van der Waals surface area contributed by atoms with Gasteiger partial charge in [0, 0.05) is 6.61 Å². The number of Topliss-reactive ketones (excluding diaryl/α,β-unsaturated/α-hetero) is 2. The van der Waals surface area contributed by atoms with E-state index in [1.165, 1.54) is 11.1 Å². The lowest BCUT2D eigenvalue weighted by atomic mass is 9.75. The third-order valence-corrected chi connectivity index (χ3v) is 4.53. The van der Waals surface area contributed by atoms with E-state index in [4.69, 9.17) is 4.74 Å². The first-order valence-corrected chi connectivity index (χ1v) is 8.77. The van der Waals surface area contributed by atoms with Gasteiger partial charge in [-0.3, -0.25) is 9.59 Å². The van der Waals surface area contributed by atoms with Crippen molar-refractivity contribution in [1.29, 1.82) is 0 Å². The van der Waals surface area contributed by atoms with Crippen LogP contribution in [0.5, 0.6) is 0 Å². The van der Waals surface area contributed by atoms with E-state index in [1.807, 2.05) is 20.8 Å². The van der Waals surface area contributed by atoms with E-state index in [0.717, 1.165) is 16.7 Å². The molecule has 1 aliphatic carbocycles. The highest BCUT2D eigenvalue weighted by molar-refractivity contribution is 6.12. The maximum Gasteiger partial charge on any atom is 0.166 e. The fraction of sp³-hybridized carbons (Fsp3) is 0.524. The fourth-order valence-corrected chi connectivity index (χ4v) is 3.67. The minimum atomic E-state index is -0.291. The number of carbonyl (C=O) groups excluding carboxylic acids is 2. The first-order valence-electron chi connectivity index (χ1n) is 8.77. The van der Waals surface area contributed by atoms with Gasteiger partial charge < -0.3 is 4.74 Å². The summed E-state index contributed by atoms with van der Waals surface area (Å²) in [6, 6.07) is 6.41. The van der Waals surface area contributed by atoms with Gasteiger partial charge in [-0.05, 0) is 49.8 Å². The first kappa shape index (κ1) is 18.6. The maximum atomic E-state index is 12.5. The molecule has 3 nitrogen and oxygen atoms in total. The van der Waals surface area contributed by atoms with Crippen molar-refractivity contribution in [3.63, 3.8) is 0 Å². The Bertz CT molecular complexity index is 647. The Hall–Kier alpha value is -1.74. The van der Waals surface area contributed by atoms with E-state index in [-0.39, 0.29) is 29.8 Å². The van der Waals surface area contributed by atoms with Crippen molar-refractivity contribution < 1.29 is 14.3 Å². The second kappa shape index (κ2) is 7.89. The molecule has 0 saturated carbocycles. The molecule has 0 spiro atoms. The third kappa shape index (κ3) is 4.21. The average Bonchev–Trinajstić information content (AvgIpc) is 2.45. The number of benzene rings is 1. The molecule has 2 rings (SSSR count). The zero-order valence-corrected chi connectivity index (χ0v) is 15.4. The molecule has 0 heterocycles. The SMILES string of the molecule is CCOCC1C(=O)CC(=O)C(C(C)C)=C1Cc1cc(C)cc(C)c1. The van der Waals surface area contributed by atoms with Crippen LogP contribution in [0.1, 0.15) is 43.9 Å². The van der Waals surface area contributed by atoms with Gasteiger partial charge in [-0.1, -0.05) is 43.2 Å². The van der Waals surface area contributed by atoms with E-state index < -0.39 is 0 Å². The summed E-state index contributed by atoms with van der Waals surface area (Å²) in [6.07, 6.45) is 0.660. The normalized spacial score (nSPS) is 18.7. The number of aryl methyl sites for hydroxylation is 2. The Labute approximate surface area is 145 Å². The van der Waals surface area contributed by atoms with Crippen LogP contribution in [0.2, 0.25) is 0 Å². The highest BCUT2D eigenvalue weighted by atomic mass is 16.5. The van der Waals surface area contributed by atoms with E-state index in [0.29, 0.717) is 19.6 Å². The number of carbonyl (C=O) groups is 2. The summed E-state index contributed by atoms with van der Waals surface area (Å²) in [5, 5.41) is 0. The van der Waals surface area contributed by atoms with Crippen LogP contribution in [0, 0.1) is 25.7 Å². The Morgan fingerprint density at radius 2 is 1.75 bits per heavy atom. The van der Waals surface area contributed by atoms with Crippen LogP contribution in [0.15, 0.2) is 29.3 Å². The highest BCUT2D eigenvalue weighted by Gasteiger charge is 2.35.